The van der Waals surface area contributed by atoms with Gasteiger partial charge in [0, 0.05) is 19.2 Å². The molecule has 0 aliphatic carbocycles. The smallest absolute Gasteiger partial charge is 0.326 e. The van der Waals surface area contributed by atoms with E-state index in [1.807, 2.05) is 6.92 Å². The molecule has 0 radical (unpaired) electrons. The molecule has 3 rings (SSSR count). The molecule has 24 heavy (non-hydrogen) atoms. The Hall–Kier alpha value is -2.70. The van der Waals surface area contributed by atoms with Gasteiger partial charge in [-0.25, -0.2) is 4.79 Å². The van der Waals surface area contributed by atoms with Crippen molar-refractivity contribution in [2.24, 2.45) is 5.92 Å². The summed E-state index contributed by atoms with van der Waals surface area (Å²) in [5.41, 5.74) is 0.678. The zero-order valence-electron chi connectivity index (χ0n) is 13.5. The molecule has 1 N–H and O–H groups in total. The molecule has 0 spiro atoms. The van der Waals surface area contributed by atoms with Gasteiger partial charge in [-0.3, -0.25) is 19.3 Å². The van der Waals surface area contributed by atoms with Gasteiger partial charge in [-0.1, -0.05) is 6.92 Å². The first kappa shape index (κ1) is 16.2. The van der Waals surface area contributed by atoms with Crippen molar-refractivity contribution in [1.82, 2.24) is 9.80 Å². The maximum Gasteiger partial charge on any atom is 0.326 e. The number of hydrogen-bond donors (Lipinski definition) is 1. The predicted molar refractivity (Wildman–Crippen MR) is 83.7 cm³/mol. The van der Waals surface area contributed by atoms with Crippen LogP contribution in [0, 0.1) is 5.92 Å². The molecule has 7 nitrogen and oxygen atoms in total. The quantitative estimate of drug-likeness (QED) is 0.823. The van der Waals surface area contributed by atoms with Crippen LogP contribution in [0.2, 0.25) is 0 Å². The monoisotopic (exact) mass is 330 g/mol. The van der Waals surface area contributed by atoms with Gasteiger partial charge in [0.1, 0.15) is 6.04 Å². The van der Waals surface area contributed by atoms with E-state index in [0.29, 0.717) is 13.0 Å². The number of rotatable bonds is 2. The molecule has 0 saturated carbocycles. The molecule has 2 aliphatic rings. The van der Waals surface area contributed by atoms with Gasteiger partial charge in [-0.15, -0.1) is 0 Å². The Morgan fingerprint density at radius 1 is 1.17 bits per heavy atom. The van der Waals surface area contributed by atoms with Gasteiger partial charge < -0.3 is 10.0 Å². The highest BCUT2D eigenvalue weighted by Crippen LogP contribution is 2.27. The minimum absolute atomic E-state index is 0.186. The molecule has 1 saturated heterocycles. The maximum atomic E-state index is 12.7. The molecule has 0 aromatic heterocycles. The molecule has 3 amide bonds. The van der Waals surface area contributed by atoms with E-state index in [9.17, 15) is 24.3 Å². The van der Waals surface area contributed by atoms with E-state index >= 15 is 0 Å². The minimum atomic E-state index is -1.03. The lowest BCUT2D eigenvalue weighted by atomic mass is 9.91. The van der Waals surface area contributed by atoms with Crippen LogP contribution in [0.3, 0.4) is 0 Å². The Balaban J connectivity index is 1.92. The molecule has 1 aromatic rings. The second-order valence-corrected chi connectivity index (χ2v) is 6.41. The zero-order valence-corrected chi connectivity index (χ0v) is 13.5. The Labute approximate surface area is 138 Å². The van der Waals surface area contributed by atoms with Crippen molar-refractivity contribution in [2.45, 2.75) is 25.8 Å². The predicted octanol–water partition coefficient (Wildman–Crippen LogP) is 1.24. The van der Waals surface area contributed by atoms with Crippen molar-refractivity contribution in [1.29, 1.82) is 0 Å². The highest BCUT2D eigenvalue weighted by Gasteiger charge is 2.37. The van der Waals surface area contributed by atoms with E-state index in [-0.39, 0.29) is 22.6 Å². The fraction of sp³-hybridized carbons (Fsp3) is 0.412. The van der Waals surface area contributed by atoms with E-state index in [1.165, 1.54) is 30.1 Å². The third kappa shape index (κ3) is 2.46. The Morgan fingerprint density at radius 3 is 2.50 bits per heavy atom. The lowest BCUT2D eigenvalue weighted by Crippen LogP contribution is -2.49. The first-order valence-electron chi connectivity index (χ1n) is 7.81. The van der Waals surface area contributed by atoms with Crippen LogP contribution in [0.5, 0.6) is 0 Å². The van der Waals surface area contributed by atoms with Gasteiger partial charge in [-0.05, 0) is 37.0 Å². The summed E-state index contributed by atoms with van der Waals surface area (Å²) in [5, 5.41) is 9.39. The minimum Gasteiger partial charge on any atom is -0.480 e. The van der Waals surface area contributed by atoms with Crippen LogP contribution in [0.25, 0.3) is 0 Å². The molecular formula is C17H18N2O5. The summed E-state index contributed by atoms with van der Waals surface area (Å²) in [6.45, 7) is 2.33. The normalized spacial score (nSPS) is 23.4. The first-order chi connectivity index (χ1) is 11.3. The second kappa shape index (κ2) is 5.74. The van der Waals surface area contributed by atoms with Crippen molar-refractivity contribution in [3.05, 3.63) is 34.9 Å². The molecule has 2 heterocycles. The number of carbonyl (C=O) groups is 4. The number of likely N-dealkylation sites (tertiary alicyclic amines) is 1. The van der Waals surface area contributed by atoms with E-state index in [1.54, 1.807) is 0 Å². The maximum absolute atomic E-state index is 12.7. The molecule has 0 bridgehead atoms. The summed E-state index contributed by atoms with van der Waals surface area (Å²) in [4.78, 5) is 50.5. The summed E-state index contributed by atoms with van der Waals surface area (Å²) in [5.74, 6) is -2.06. The summed E-state index contributed by atoms with van der Waals surface area (Å²) in [7, 11) is 1.39. The fourth-order valence-corrected chi connectivity index (χ4v) is 3.28. The number of piperidine rings is 1. The number of carbonyl (C=O) groups excluding carboxylic acids is 3. The number of fused-ring (bicyclic) bond motifs is 1. The van der Waals surface area contributed by atoms with Gasteiger partial charge in [0.2, 0.25) is 0 Å². The molecule has 1 fully saturated rings. The second-order valence-electron chi connectivity index (χ2n) is 6.41. The molecule has 2 atom stereocenters. The van der Waals surface area contributed by atoms with E-state index < -0.39 is 29.7 Å². The lowest BCUT2D eigenvalue weighted by Gasteiger charge is -2.36. The zero-order chi connectivity index (χ0) is 17.6. The Bertz CT molecular complexity index is 757. The number of carboxylic acids is 1. The summed E-state index contributed by atoms with van der Waals surface area (Å²) in [6, 6.07) is 3.45. The number of carboxylic acid groups (broad SMARTS) is 1. The number of hydrogen-bond acceptors (Lipinski definition) is 4. The average Bonchev–Trinajstić information content (AvgIpc) is 2.78. The van der Waals surface area contributed by atoms with Crippen LogP contribution >= 0.6 is 0 Å². The summed E-state index contributed by atoms with van der Waals surface area (Å²) < 4.78 is 0. The van der Waals surface area contributed by atoms with Gasteiger partial charge in [0.05, 0.1) is 11.1 Å². The fourth-order valence-electron chi connectivity index (χ4n) is 3.28. The van der Waals surface area contributed by atoms with Crippen molar-refractivity contribution in [3.63, 3.8) is 0 Å². The van der Waals surface area contributed by atoms with Crippen LogP contribution < -0.4 is 0 Å². The topological polar surface area (TPSA) is 95.0 Å². The van der Waals surface area contributed by atoms with Crippen LogP contribution in [-0.4, -0.2) is 58.2 Å². The third-order valence-corrected chi connectivity index (χ3v) is 4.75. The van der Waals surface area contributed by atoms with Gasteiger partial charge in [0.25, 0.3) is 17.7 Å². The number of benzene rings is 1. The highest BCUT2D eigenvalue weighted by atomic mass is 16.4. The standard InChI is InChI=1S/C17H18N2O5/c1-9-5-6-19(13(7-9)17(23)24)14(20)10-3-4-11-12(8-10)16(22)18(2)15(11)21/h3-4,8-9,13H,5-7H2,1-2H3,(H,23,24). The molecule has 1 aromatic carbocycles. The number of imide groups is 1. The van der Waals surface area contributed by atoms with Crippen LogP contribution in [0.4, 0.5) is 0 Å². The van der Waals surface area contributed by atoms with E-state index in [4.69, 9.17) is 0 Å². The molecule has 126 valence electrons. The van der Waals surface area contributed by atoms with Gasteiger partial charge in [-0.2, -0.15) is 0 Å². The molecular weight excluding hydrogens is 312 g/mol. The first-order valence-corrected chi connectivity index (χ1v) is 7.81. The summed E-state index contributed by atoms with van der Waals surface area (Å²) in [6.07, 6.45) is 1.15. The van der Waals surface area contributed by atoms with Crippen molar-refractivity contribution >= 4 is 23.7 Å². The number of nitrogens with zero attached hydrogens (tertiary/aromatic N) is 2. The van der Waals surface area contributed by atoms with Crippen LogP contribution in [0.1, 0.15) is 50.8 Å². The Kier molecular flexibility index (Phi) is 3.87. The van der Waals surface area contributed by atoms with Crippen molar-refractivity contribution < 1.29 is 24.3 Å². The SMILES string of the molecule is CC1CCN(C(=O)c2ccc3c(c2)C(=O)N(C)C3=O)C(C(=O)O)C1. The molecule has 2 aliphatic heterocycles. The lowest BCUT2D eigenvalue weighted by molar-refractivity contribution is -0.144. The largest absolute Gasteiger partial charge is 0.480 e. The number of amides is 3. The van der Waals surface area contributed by atoms with Gasteiger partial charge in [0.15, 0.2) is 0 Å². The Morgan fingerprint density at radius 2 is 1.83 bits per heavy atom. The van der Waals surface area contributed by atoms with Gasteiger partial charge >= 0.3 is 5.97 Å². The average molecular weight is 330 g/mol. The molecule has 7 heteroatoms. The van der Waals surface area contributed by atoms with Crippen molar-refractivity contribution in [3.8, 4) is 0 Å². The van der Waals surface area contributed by atoms with E-state index in [2.05, 4.69) is 0 Å². The highest BCUT2D eigenvalue weighted by molar-refractivity contribution is 6.21. The van der Waals surface area contributed by atoms with Crippen LogP contribution in [-0.2, 0) is 4.79 Å². The van der Waals surface area contributed by atoms with Crippen molar-refractivity contribution in [2.75, 3.05) is 13.6 Å². The third-order valence-electron chi connectivity index (χ3n) is 4.75. The van der Waals surface area contributed by atoms with Crippen LogP contribution in [0.15, 0.2) is 18.2 Å². The number of aliphatic carboxylic acids is 1. The summed E-state index contributed by atoms with van der Waals surface area (Å²) >= 11 is 0. The molecule has 2 unspecified atom stereocenters. The van der Waals surface area contributed by atoms with E-state index in [0.717, 1.165) is 11.3 Å².